The molecule has 0 saturated heterocycles. The molecule has 2 aliphatic rings. The number of benzene rings is 2. The van der Waals surface area contributed by atoms with Crippen LogP contribution in [-0.2, 0) is 12.8 Å². The highest BCUT2D eigenvalue weighted by molar-refractivity contribution is 7.15. The average molecular weight is 448 g/mol. The number of fused-ring (bicyclic) bond motifs is 2. The fourth-order valence-corrected chi connectivity index (χ4v) is 5.09. The van der Waals surface area contributed by atoms with E-state index in [2.05, 4.69) is 10.3 Å². The minimum absolute atomic E-state index is 0.218. The van der Waals surface area contributed by atoms with Crippen molar-refractivity contribution < 1.29 is 19.1 Å². The number of hydrogen-bond donors (Lipinski definition) is 1. The zero-order chi connectivity index (χ0) is 22.2. The van der Waals surface area contributed by atoms with E-state index in [1.807, 2.05) is 6.92 Å². The molecule has 162 valence electrons. The largest absolute Gasteiger partial charge is 0.494 e. The van der Waals surface area contributed by atoms with E-state index in [-0.39, 0.29) is 17.0 Å². The van der Waals surface area contributed by atoms with Gasteiger partial charge in [-0.1, -0.05) is 0 Å². The van der Waals surface area contributed by atoms with Crippen molar-refractivity contribution in [2.24, 2.45) is 0 Å². The standard InChI is InChI=1S/C24H21N3O4S/c1-2-31-16-10-8-15(9-11-16)27-22(29)17-12-7-14(13-18(17)23(27)30)21(28)26-24-25-19-5-3-4-6-20(19)32-24/h7-13H,2-6H2,1H3,(H,25,26,28). The summed E-state index contributed by atoms with van der Waals surface area (Å²) in [5, 5.41) is 3.41. The lowest BCUT2D eigenvalue weighted by molar-refractivity contribution is 0.0925. The van der Waals surface area contributed by atoms with Crippen LogP contribution in [0.15, 0.2) is 42.5 Å². The first kappa shape index (κ1) is 20.4. The van der Waals surface area contributed by atoms with Gasteiger partial charge in [0, 0.05) is 10.4 Å². The number of hydrogen-bond acceptors (Lipinski definition) is 6. The number of aromatic nitrogens is 1. The molecular formula is C24H21N3O4S. The van der Waals surface area contributed by atoms with Crippen LogP contribution < -0.4 is 15.0 Å². The van der Waals surface area contributed by atoms with Crippen LogP contribution in [0.25, 0.3) is 0 Å². The summed E-state index contributed by atoms with van der Waals surface area (Å²) in [7, 11) is 0. The number of imide groups is 1. The minimum atomic E-state index is -0.450. The lowest BCUT2D eigenvalue weighted by Gasteiger charge is -2.14. The van der Waals surface area contributed by atoms with E-state index in [4.69, 9.17) is 4.74 Å². The number of carbonyl (C=O) groups is 3. The van der Waals surface area contributed by atoms with Gasteiger partial charge < -0.3 is 4.74 Å². The number of anilines is 2. The molecule has 1 aliphatic heterocycles. The molecule has 2 heterocycles. The third-order valence-corrected chi connectivity index (χ3v) is 6.69. The second-order valence-electron chi connectivity index (χ2n) is 7.68. The van der Waals surface area contributed by atoms with E-state index < -0.39 is 11.8 Å². The Bertz CT molecular complexity index is 1210. The van der Waals surface area contributed by atoms with Crippen molar-refractivity contribution in [3.05, 3.63) is 69.7 Å². The van der Waals surface area contributed by atoms with Gasteiger partial charge in [0.15, 0.2) is 5.13 Å². The monoisotopic (exact) mass is 447 g/mol. The van der Waals surface area contributed by atoms with Crippen molar-refractivity contribution in [3.63, 3.8) is 0 Å². The number of carbonyl (C=O) groups excluding carboxylic acids is 3. The van der Waals surface area contributed by atoms with Gasteiger partial charge in [0.2, 0.25) is 0 Å². The molecule has 1 N–H and O–H groups in total. The first-order chi connectivity index (χ1) is 15.5. The Morgan fingerprint density at radius 2 is 1.81 bits per heavy atom. The van der Waals surface area contributed by atoms with Crippen LogP contribution in [0.3, 0.4) is 0 Å². The number of ether oxygens (including phenoxy) is 1. The van der Waals surface area contributed by atoms with E-state index in [9.17, 15) is 14.4 Å². The number of rotatable bonds is 5. The Balaban J connectivity index is 1.37. The lowest BCUT2D eigenvalue weighted by atomic mass is 10.0. The summed E-state index contributed by atoms with van der Waals surface area (Å²) in [6.07, 6.45) is 4.21. The summed E-state index contributed by atoms with van der Waals surface area (Å²) >= 11 is 1.50. The zero-order valence-electron chi connectivity index (χ0n) is 17.5. The summed E-state index contributed by atoms with van der Waals surface area (Å²) in [6, 6.07) is 11.4. The second kappa shape index (κ2) is 8.20. The van der Waals surface area contributed by atoms with Crippen molar-refractivity contribution in [1.29, 1.82) is 0 Å². The summed E-state index contributed by atoms with van der Waals surface area (Å²) in [4.78, 5) is 45.6. The summed E-state index contributed by atoms with van der Waals surface area (Å²) in [5.74, 6) is -0.545. The topological polar surface area (TPSA) is 88.6 Å². The first-order valence-electron chi connectivity index (χ1n) is 10.6. The van der Waals surface area contributed by atoms with Crippen molar-refractivity contribution in [2.75, 3.05) is 16.8 Å². The molecule has 0 radical (unpaired) electrons. The van der Waals surface area contributed by atoms with Crippen molar-refractivity contribution >= 4 is 39.9 Å². The molecule has 32 heavy (non-hydrogen) atoms. The molecule has 7 nitrogen and oxygen atoms in total. The summed E-state index contributed by atoms with van der Waals surface area (Å²) < 4.78 is 5.42. The summed E-state index contributed by atoms with van der Waals surface area (Å²) in [5.41, 5.74) is 2.34. The molecule has 0 bridgehead atoms. The number of thiazole rings is 1. The quantitative estimate of drug-likeness (QED) is 0.583. The number of amides is 3. The van der Waals surface area contributed by atoms with Crippen molar-refractivity contribution in [2.45, 2.75) is 32.6 Å². The molecule has 1 aromatic heterocycles. The van der Waals surface area contributed by atoms with Crippen LogP contribution in [0.4, 0.5) is 10.8 Å². The van der Waals surface area contributed by atoms with Gasteiger partial charge in [0.25, 0.3) is 17.7 Å². The highest BCUT2D eigenvalue weighted by Crippen LogP contribution is 2.32. The number of nitrogens with one attached hydrogen (secondary N) is 1. The van der Waals surface area contributed by atoms with E-state index in [1.165, 1.54) is 28.3 Å². The predicted octanol–water partition coefficient (Wildman–Crippen LogP) is 4.47. The zero-order valence-corrected chi connectivity index (χ0v) is 18.3. The number of aryl methyl sites for hydroxylation is 2. The van der Waals surface area contributed by atoms with Crippen LogP contribution >= 0.6 is 11.3 Å². The lowest BCUT2D eigenvalue weighted by Crippen LogP contribution is -2.29. The predicted molar refractivity (Wildman–Crippen MR) is 122 cm³/mol. The van der Waals surface area contributed by atoms with Gasteiger partial charge in [0.05, 0.1) is 29.1 Å². The van der Waals surface area contributed by atoms with Crippen LogP contribution in [0.1, 0.15) is 61.4 Å². The fraction of sp³-hybridized carbons (Fsp3) is 0.250. The Morgan fingerprint density at radius 3 is 2.56 bits per heavy atom. The molecule has 0 spiro atoms. The molecule has 2 aromatic carbocycles. The van der Waals surface area contributed by atoms with Gasteiger partial charge >= 0.3 is 0 Å². The van der Waals surface area contributed by atoms with E-state index in [0.29, 0.717) is 28.7 Å². The van der Waals surface area contributed by atoms with Crippen LogP contribution in [0.5, 0.6) is 5.75 Å². The molecule has 3 amide bonds. The number of nitrogens with zero attached hydrogens (tertiary/aromatic N) is 2. The molecule has 3 aromatic rings. The van der Waals surface area contributed by atoms with Crippen molar-refractivity contribution in [1.82, 2.24) is 4.98 Å². The fourth-order valence-electron chi connectivity index (χ4n) is 4.05. The smallest absolute Gasteiger partial charge is 0.266 e. The SMILES string of the molecule is CCOc1ccc(N2C(=O)c3ccc(C(=O)Nc4nc5c(s4)CCCC5)cc3C2=O)cc1. The van der Waals surface area contributed by atoms with Gasteiger partial charge in [0.1, 0.15) is 5.75 Å². The maximum atomic E-state index is 13.0. The molecule has 1 aliphatic carbocycles. The Kier molecular flexibility index (Phi) is 5.22. The van der Waals surface area contributed by atoms with Crippen LogP contribution in [-0.4, -0.2) is 29.3 Å². The van der Waals surface area contributed by atoms with Gasteiger partial charge in [-0.2, -0.15) is 0 Å². The molecule has 0 unspecified atom stereocenters. The van der Waals surface area contributed by atoms with Crippen LogP contribution in [0.2, 0.25) is 0 Å². The average Bonchev–Trinajstić information content (AvgIpc) is 3.32. The molecular weight excluding hydrogens is 426 g/mol. The highest BCUT2D eigenvalue weighted by Gasteiger charge is 2.37. The first-order valence-corrected chi connectivity index (χ1v) is 11.4. The van der Waals surface area contributed by atoms with Gasteiger partial charge in [-0.25, -0.2) is 9.88 Å². The third kappa shape index (κ3) is 3.56. The Labute approximate surface area is 189 Å². The molecule has 5 rings (SSSR count). The molecule has 0 atom stereocenters. The Morgan fingerprint density at radius 1 is 1.06 bits per heavy atom. The Hall–Kier alpha value is -3.52. The van der Waals surface area contributed by atoms with Crippen LogP contribution in [0, 0.1) is 0 Å². The summed E-state index contributed by atoms with van der Waals surface area (Å²) in [6.45, 7) is 2.41. The van der Waals surface area contributed by atoms with E-state index in [1.54, 1.807) is 30.3 Å². The van der Waals surface area contributed by atoms with Gasteiger partial charge in [-0.3, -0.25) is 19.7 Å². The van der Waals surface area contributed by atoms with Gasteiger partial charge in [-0.15, -0.1) is 11.3 Å². The maximum absolute atomic E-state index is 13.0. The second-order valence-corrected chi connectivity index (χ2v) is 8.77. The third-order valence-electron chi connectivity index (χ3n) is 5.62. The molecule has 0 fully saturated rings. The van der Waals surface area contributed by atoms with Crippen molar-refractivity contribution in [3.8, 4) is 5.75 Å². The molecule has 0 saturated carbocycles. The van der Waals surface area contributed by atoms with E-state index in [0.717, 1.165) is 36.3 Å². The maximum Gasteiger partial charge on any atom is 0.266 e. The normalized spacial score (nSPS) is 14.8. The highest BCUT2D eigenvalue weighted by atomic mass is 32.1. The molecule has 8 heteroatoms. The minimum Gasteiger partial charge on any atom is -0.494 e. The van der Waals surface area contributed by atoms with Gasteiger partial charge in [-0.05, 0) is 75.1 Å². The van der Waals surface area contributed by atoms with E-state index >= 15 is 0 Å².